The molecule has 3 aromatic carbocycles. The maximum atomic E-state index is 13.6. The summed E-state index contributed by atoms with van der Waals surface area (Å²) in [5.74, 6) is 1.00. The Hall–Kier alpha value is -3.62. The highest BCUT2D eigenvalue weighted by Gasteiger charge is 2.33. The molecule has 1 heterocycles. The number of hydrogen-bond donors (Lipinski definition) is 3. The van der Waals surface area contributed by atoms with Gasteiger partial charge in [-0.05, 0) is 148 Å². The first-order chi connectivity index (χ1) is 23.1. The summed E-state index contributed by atoms with van der Waals surface area (Å²) in [4.78, 5) is 19.3. The first-order valence-electron chi connectivity index (χ1n) is 18.0. The molecule has 0 radical (unpaired) electrons. The van der Waals surface area contributed by atoms with Crippen LogP contribution in [0.4, 0.5) is 5.69 Å². The van der Waals surface area contributed by atoms with Crippen LogP contribution in [0.5, 0.6) is 0 Å². The van der Waals surface area contributed by atoms with Crippen LogP contribution in [0.15, 0.2) is 60.7 Å². The van der Waals surface area contributed by atoms with Gasteiger partial charge in [-0.15, -0.1) is 0 Å². The van der Waals surface area contributed by atoms with Crippen molar-refractivity contribution in [1.29, 1.82) is 0 Å². The van der Waals surface area contributed by atoms with Gasteiger partial charge in [0.05, 0.1) is 11.7 Å². The molecule has 0 bridgehead atoms. The first kappa shape index (κ1) is 38.2. The second-order valence-electron chi connectivity index (χ2n) is 14.6. The van der Waals surface area contributed by atoms with Crippen molar-refractivity contribution in [3.8, 4) is 11.3 Å². The van der Waals surface area contributed by atoms with E-state index in [1.54, 1.807) is 0 Å². The Kier molecular flexibility index (Phi) is 12.8. The molecule has 0 aliphatic heterocycles. The third-order valence-electron chi connectivity index (χ3n) is 9.69. The van der Waals surface area contributed by atoms with Gasteiger partial charge in [-0.2, -0.15) is 0 Å². The number of likely N-dealkylation sites (N-methyl/N-ethyl adjacent to an activating group) is 1. The van der Waals surface area contributed by atoms with Crippen molar-refractivity contribution < 1.29 is 13.2 Å². The van der Waals surface area contributed by atoms with E-state index in [4.69, 9.17) is 0 Å². The molecule has 0 aliphatic carbocycles. The van der Waals surface area contributed by atoms with E-state index < -0.39 is 15.4 Å². The zero-order valence-electron chi connectivity index (χ0n) is 31.2. The van der Waals surface area contributed by atoms with Crippen molar-refractivity contribution in [3.63, 3.8) is 0 Å². The summed E-state index contributed by atoms with van der Waals surface area (Å²) in [6.45, 7) is 20.4. The molecule has 0 fully saturated rings. The lowest BCUT2D eigenvalue weighted by atomic mass is 9.82. The Balaban J connectivity index is 1.55. The minimum atomic E-state index is -3.27. The molecule has 1 amide bonds. The van der Waals surface area contributed by atoms with Gasteiger partial charge in [0.15, 0.2) is 0 Å². The molecule has 266 valence electrons. The monoisotopic (exact) mass is 686 g/mol. The molecule has 1 aromatic heterocycles. The first-order valence-corrected chi connectivity index (χ1v) is 19.9. The topological polar surface area (TPSA) is 94.3 Å². The van der Waals surface area contributed by atoms with Crippen molar-refractivity contribution in [2.75, 3.05) is 37.2 Å². The highest BCUT2D eigenvalue weighted by Crippen LogP contribution is 2.37. The van der Waals surface area contributed by atoms with Gasteiger partial charge in [0.25, 0.3) is 0 Å². The van der Waals surface area contributed by atoms with E-state index in [0.29, 0.717) is 30.6 Å². The number of aryl methyl sites for hydroxylation is 1. The lowest BCUT2D eigenvalue weighted by Gasteiger charge is -2.31. The molecule has 0 saturated carbocycles. The SMILES string of the molecule is CCN(CC)C(=O)C(C)(C)c1ccc2[nH]c(-c3cc(C(C)C)cc(C(C)C)c3)c(CCNCCCCc3ccc(NS(C)(=O)=O)cc3)c2c1. The second-order valence-corrected chi connectivity index (χ2v) is 16.3. The summed E-state index contributed by atoms with van der Waals surface area (Å²) in [7, 11) is -3.27. The number of fused-ring (bicyclic) bond motifs is 1. The third-order valence-corrected chi connectivity index (χ3v) is 10.3. The molecular formula is C41H58N4O3S. The van der Waals surface area contributed by atoms with Crippen molar-refractivity contribution >= 4 is 32.5 Å². The van der Waals surface area contributed by atoms with E-state index in [1.165, 1.54) is 38.9 Å². The molecule has 4 rings (SSSR count). The fourth-order valence-corrected chi connectivity index (χ4v) is 7.09. The van der Waals surface area contributed by atoms with Gasteiger partial charge in [-0.3, -0.25) is 9.52 Å². The minimum absolute atomic E-state index is 0.156. The molecule has 0 unspecified atom stereocenters. The van der Waals surface area contributed by atoms with Crippen molar-refractivity contribution in [2.24, 2.45) is 0 Å². The predicted octanol–water partition coefficient (Wildman–Crippen LogP) is 8.75. The third kappa shape index (κ3) is 9.76. The quantitative estimate of drug-likeness (QED) is 0.0969. The molecule has 7 nitrogen and oxygen atoms in total. The Morgan fingerprint density at radius 2 is 1.47 bits per heavy atom. The average Bonchev–Trinajstić information content (AvgIpc) is 3.42. The minimum Gasteiger partial charge on any atom is -0.354 e. The van der Waals surface area contributed by atoms with E-state index in [0.717, 1.165) is 56.1 Å². The van der Waals surface area contributed by atoms with Crippen LogP contribution >= 0.6 is 0 Å². The summed E-state index contributed by atoms with van der Waals surface area (Å²) in [6, 6.07) is 21.2. The number of aromatic nitrogens is 1. The fraction of sp³-hybridized carbons (Fsp3) is 0.488. The highest BCUT2D eigenvalue weighted by molar-refractivity contribution is 7.92. The number of sulfonamides is 1. The van der Waals surface area contributed by atoms with Gasteiger partial charge in [-0.25, -0.2) is 8.42 Å². The van der Waals surface area contributed by atoms with Gasteiger partial charge in [0.2, 0.25) is 15.9 Å². The lowest BCUT2D eigenvalue weighted by Crippen LogP contribution is -2.43. The number of benzene rings is 3. The number of nitrogens with zero attached hydrogens (tertiary/aromatic N) is 1. The van der Waals surface area contributed by atoms with Crippen LogP contribution in [0.3, 0.4) is 0 Å². The van der Waals surface area contributed by atoms with E-state index in [1.807, 2.05) is 56.9 Å². The standard InChI is InChI=1S/C41H58N4O3S/c1-10-45(11-2)40(46)41(7,8)34-17-20-38-37(27-34)36(39(43-38)33-25-31(28(3)4)24-32(26-33)29(5)6)21-23-42-22-13-12-14-30-15-18-35(19-16-30)44-49(9,47)48/h15-20,24-29,42-44H,10-14,21-23H2,1-9H3. The second kappa shape index (κ2) is 16.4. The normalized spacial score (nSPS) is 12.3. The van der Waals surface area contributed by atoms with E-state index in [-0.39, 0.29) is 5.91 Å². The van der Waals surface area contributed by atoms with Crippen LogP contribution < -0.4 is 10.0 Å². The number of carbonyl (C=O) groups excluding carboxylic acids is 1. The van der Waals surface area contributed by atoms with Crippen LogP contribution in [0.1, 0.15) is 108 Å². The number of carbonyl (C=O) groups is 1. The number of aromatic amines is 1. The molecule has 3 N–H and O–H groups in total. The highest BCUT2D eigenvalue weighted by atomic mass is 32.2. The van der Waals surface area contributed by atoms with Crippen LogP contribution in [-0.2, 0) is 33.1 Å². The summed E-state index contributed by atoms with van der Waals surface area (Å²) < 4.78 is 25.5. The van der Waals surface area contributed by atoms with Crippen molar-refractivity contribution in [2.45, 2.75) is 98.3 Å². The summed E-state index contributed by atoms with van der Waals surface area (Å²) in [6.07, 6.45) is 5.06. The van der Waals surface area contributed by atoms with Crippen LogP contribution in [0.25, 0.3) is 22.2 Å². The van der Waals surface area contributed by atoms with Crippen molar-refractivity contribution in [1.82, 2.24) is 15.2 Å². The summed E-state index contributed by atoms with van der Waals surface area (Å²) in [5, 5.41) is 4.87. The maximum absolute atomic E-state index is 13.6. The van der Waals surface area contributed by atoms with Gasteiger partial charge >= 0.3 is 0 Å². The molecule has 8 heteroatoms. The smallest absolute Gasteiger partial charge is 0.232 e. The van der Waals surface area contributed by atoms with Gasteiger partial charge in [-0.1, -0.05) is 52.0 Å². The molecule has 49 heavy (non-hydrogen) atoms. The zero-order valence-corrected chi connectivity index (χ0v) is 32.0. The lowest BCUT2D eigenvalue weighted by molar-refractivity contribution is -0.135. The van der Waals surface area contributed by atoms with E-state index >= 15 is 0 Å². The van der Waals surface area contributed by atoms with Gasteiger partial charge in [0.1, 0.15) is 0 Å². The zero-order chi connectivity index (χ0) is 35.9. The average molecular weight is 687 g/mol. The van der Waals surface area contributed by atoms with E-state index in [9.17, 15) is 13.2 Å². The molecule has 0 atom stereocenters. The Morgan fingerprint density at radius 1 is 0.837 bits per heavy atom. The maximum Gasteiger partial charge on any atom is 0.232 e. The fourth-order valence-electron chi connectivity index (χ4n) is 6.53. The molecule has 0 saturated heterocycles. The summed E-state index contributed by atoms with van der Waals surface area (Å²) in [5.41, 5.74) is 9.65. The Bertz CT molecular complexity index is 1790. The molecular weight excluding hydrogens is 629 g/mol. The Morgan fingerprint density at radius 3 is 2.04 bits per heavy atom. The number of H-pyrrole nitrogens is 1. The molecule has 4 aromatic rings. The Labute approximate surface area is 295 Å². The molecule has 0 aliphatic rings. The largest absolute Gasteiger partial charge is 0.354 e. The number of anilines is 1. The number of hydrogen-bond acceptors (Lipinski definition) is 4. The summed E-state index contributed by atoms with van der Waals surface area (Å²) >= 11 is 0. The van der Waals surface area contributed by atoms with Crippen LogP contribution in [0.2, 0.25) is 0 Å². The number of amides is 1. The van der Waals surface area contributed by atoms with Crippen LogP contribution in [0, 0.1) is 0 Å². The van der Waals surface area contributed by atoms with Crippen LogP contribution in [-0.4, -0.2) is 56.6 Å². The number of nitrogens with one attached hydrogen (secondary N) is 3. The number of rotatable bonds is 17. The van der Waals surface area contributed by atoms with Gasteiger partial charge < -0.3 is 15.2 Å². The predicted molar refractivity (Wildman–Crippen MR) is 207 cm³/mol. The van der Waals surface area contributed by atoms with Crippen molar-refractivity contribution in [3.05, 3.63) is 88.5 Å². The number of unbranched alkanes of at least 4 members (excludes halogenated alkanes) is 1. The molecule has 0 spiro atoms. The van der Waals surface area contributed by atoms with E-state index in [2.05, 4.69) is 79.1 Å². The van der Waals surface area contributed by atoms with Gasteiger partial charge in [0, 0.05) is 35.4 Å².